The lowest BCUT2D eigenvalue weighted by atomic mass is 10.2. The van der Waals surface area contributed by atoms with E-state index in [0.29, 0.717) is 38.5 Å². The van der Waals surface area contributed by atoms with E-state index in [1.54, 1.807) is 0 Å². The molecule has 0 rings (SSSR count). The minimum absolute atomic E-state index is 0.0282. The number of ketones is 3. The summed E-state index contributed by atoms with van der Waals surface area (Å²) in [4.78, 5) is 35.2. The Kier molecular flexibility index (Phi) is 15.6. The molecule has 0 aliphatic heterocycles. The fourth-order valence-corrected chi connectivity index (χ4v) is 4.33. The molecular weight excluding hydrogens is 435 g/mol. The smallest absolute Gasteiger partial charge is 0.572 e. The summed E-state index contributed by atoms with van der Waals surface area (Å²) in [6.07, 6.45) is 3.20. The zero-order chi connectivity index (χ0) is 21.5. The third kappa shape index (κ3) is 14.2. The van der Waals surface area contributed by atoms with E-state index in [4.69, 9.17) is 48.0 Å². The summed E-state index contributed by atoms with van der Waals surface area (Å²) in [5.74, 6) is -0.162. The van der Waals surface area contributed by atoms with Gasteiger partial charge in [0.1, 0.15) is 32.5 Å². The van der Waals surface area contributed by atoms with Gasteiger partial charge in [-0.05, 0) is 55.9 Å². The summed E-state index contributed by atoms with van der Waals surface area (Å²) in [5.41, 5.74) is 0. The summed E-state index contributed by atoms with van der Waals surface area (Å²) >= 11 is 12.3. The normalized spacial score (nSPS) is 9.96. The van der Waals surface area contributed by atoms with Crippen LogP contribution in [0.15, 0.2) is 0 Å². The van der Waals surface area contributed by atoms with Crippen molar-refractivity contribution in [1.82, 2.24) is 0 Å². The molecule has 156 valence electrons. The van der Waals surface area contributed by atoms with E-state index in [1.165, 1.54) is 0 Å². The highest BCUT2D eigenvalue weighted by atomic mass is 32.1. The van der Waals surface area contributed by atoms with E-state index in [1.807, 2.05) is 20.8 Å². The van der Waals surface area contributed by atoms with Gasteiger partial charge in [0.25, 0.3) is 0 Å². The van der Waals surface area contributed by atoms with E-state index < -0.39 is 15.1 Å². The first-order valence-electron chi connectivity index (χ1n) is 9.35. The molecule has 0 unspecified atom stereocenters. The zero-order valence-electron chi connectivity index (χ0n) is 16.6. The molecule has 0 saturated carbocycles. The summed E-state index contributed by atoms with van der Waals surface area (Å²) in [5, 5.41) is 0.0847. The molecule has 0 aliphatic rings. The molecule has 0 aromatic rings. The lowest BCUT2D eigenvalue weighted by Gasteiger charge is -2.17. The highest BCUT2D eigenvalue weighted by Gasteiger charge is 2.46. The quantitative estimate of drug-likeness (QED) is 0.262. The monoisotopic (exact) mass is 462 g/mol. The second-order valence-electron chi connectivity index (χ2n) is 6.15. The molecule has 10 heteroatoms. The molecule has 28 heavy (non-hydrogen) atoms. The molecule has 0 aliphatic carbocycles. The van der Waals surface area contributed by atoms with E-state index in [9.17, 15) is 14.4 Å². The number of carbonyl (C=O) groups is 3. The summed E-state index contributed by atoms with van der Waals surface area (Å²) in [7, 11) is 0. The minimum atomic E-state index is -3.02. The molecule has 0 amide bonds. The molecule has 0 aromatic heterocycles. The van der Waals surface area contributed by atoms with Crippen molar-refractivity contribution >= 4 is 84.3 Å². The van der Waals surface area contributed by atoms with Gasteiger partial charge in [-0.2, -0.15) is 0 Å². The maximum atomic E-state index is 11.7. The van der Waals surface area contributed by atoms with Gasteiger partial charge < -0.3 is 11.4 Å². The van der Waals surface area contributed by atoms with Crippen molar-refractivity contribution in [3.63, 3.8) is 0 Å². The molecule has 0 atom stereocenters. The van der Waals surface area contributed by atoms with Crippen LogP contribution in [0.4, 0.5) is 0 Å². The third-order valence-corrected chi connectivity index (χ3v) is 5.96. The van der Waals surface area contributed by atoms with Crippen molar-refractivity contribution in [3.8, 4) is 0 Å². The molecule has 0 heterocycles. The predicted octanol–water partition coefficient (Wildman–Crippen LogP) is 4.28. The maximum Gasteiger partial charge on any atom is 1.20 e. The summed E-state index contributed by atoms with van der Waals surface area (Å²) in [6, 6.07) is 0. The lowest BCUT2D eigenvalue weighted by molar-refractivity contribution is -0.118. The largest absolute Gasteiger partial charge is 1.20 e. The summed E-state index contributed by atoms with van der Waals surface area (Å²) < 4.78 is 16.5. The lowest BCUT2D eigenvalue weighted by Crippen LogP contribution is -2.35. The van der Waals surface area contributed by atoms with Crippen molar-refractivity contribution < 1.29 is 25.7 Å². The molecule has 0 saturated heterocycles. The van der Waals surface area contributed by atoms with Crippen molar-refractivity contribution in [1.29, 1.82) is 0 Å². The highest BCUT2D eigenvalue weighted by Crippen LogP contribution is 2.08. The van der Waals surface area contributed by atoms with Gasteiger partial charge in [0.2, 0.25) is 0 Å². The predicted molar refractivity (Wildman–Crippen MR) is 120 cm³/mol. The minimum Gasteiger partial charge on any atom is -0.572 e. The van der Waals surface area contributed by atoms with Crippen molar-refractivity contribution in [2.24, 2.45) is 0 Å². The Morgan fingerprint density at radius 1 is 0.607 bits per heavy atom. The Morgan fingerprint density at radius 3 is 1.07 bits per heavy atom. The highest BCUT2D eigenvalue weighted by molar-refractivity contribution is 7.80. The maximum absolute atomic E-state index is 11.7. The van der Waals surface area contributed by atoms with Crippen molar-refractivity contribution in [2.45, 2.75) is 78.6 Å². The van der Waals surface area contributed by atoms with Gasteiger partial charge in [-0.25, -0.2) is 0 Å². The second-order valence-corrected chi connectivity index (χ2v) is 8.81. The molecule has 0 radical (unpaired) electrons. The van der Waals surface area contributed by atoms with E-state index in [2.05, 4.69) is 0 Å². The Labute approximate surface area is 188 Å². The van der Waals surface area contributed by atoms with Gasteiger partial charge in [-0.3, -0.25) is 14.4 Å². The van der Waals surface area contributed by atoms with Gasteiger partial charge in [0, 0.05) is 19.3 Å². The average Bonchev–Trinajstić information content (AvgIpc) is 2.54. The number of hydrogen-bond acceptors (Lipinski definition) is 9. The number of hydrogen-bond donors (Lipinski definition) is 0. The van der Waals surface area contributed by atoms with Gasteiger partial charge in [-0.15, -0.1) is 0 Å². The molecule has 0 fully saturated rings. The fraction of sp³-hybridized carbons (Fsp3) is 0.667. The van der Waals surface area contributed by atoms with Crippen LogP contribution in [0.3, 0.4) is 0 Å². The Balaban J connectivity index is 4.89. The zero-order valence-corrected chi connectivity index (χ0v) is 20.2. The SMILES string of the molecule is CCCC(=O)CC(=S)[O][Al]([O]C(=S)CC(=O)CCC)[O]C(=S)CC(=O)CCC. The van der Waals surface area contributed by atoms with Crippen LogP contribution >= 0.6 is 36.7 Å². The van der Waals surface area contributed by atoms with Crippen LogP contribution in [0.5, 0.6) is 0 Å². The van der Waals surface area contributed by atoms with Crippen molar-refractivity contribution in [2.75, 3.05) is 0 Å². The number of carbonyl (C=O) groups excluding carboxylic acids is 3. The molecule has 0 bridgehead atoms. The Bertz CT molecular complexity index is 513. The first-order valence-corrected chi connectivity index (χ1v) is 12.0. The fourth-order valence-electron chi connectivity index (χ4n) is 2.10. The van der Waals surface area contributed by atoms with Gasteiger partial charge in [0.15, 0.2) is 0 Å². The summed E-state index contributed by atoms with van der Waals surface area (Å²) in [6.45, 7) is 5.68. The standard InChI is InChI=1S/3C6H10O2S.Al/c3*1-2-3-5(7)4-6(8)9;/h3*2-4H2,1H3,(H,8,9);/q;;;+3/p-3. The Hall–Kier alpha value is -0.788. The Morgan fingerprint density at radius 2 is 0.857 bits per heavy atom. The van der Waals surface area contributed by atoms with Crippen LogP contribution in [0, 0.1) is 0 Å². The van der Waals surface area contributed by atoms with Crippen LogP contribution < -0.4 is 0 Å². The van der Waals surface area contributed by atoms with Crippen LogP contribution in [-0.4, -0.2) is 47.7 Å². The van der Waals surface area contributed by atoms with Crippen LogP contribution in [0.2, 0.25) is 0 Å². The van der Waals surface area contributed by atoms with Gasteiger partial charge >= 0.3 is 15.1 Å². The van der Waals surface area contributed by atoms with E-state index in [-0.39, 0.29) is 51.8 Å². The van der Waals surface area contributed by atoms with E-state index >= 15 is 0 Å². The van der Waals surface area contributed by atoms with Crippen molar-refractivity contribution in [3.05, 3.63) is 0 Å². The second kappa shape index (κ2) is 16.1. The van der Waals surface area contributed by atoms with Crippen LogP contribution in [-0.2, 0) is 25.7 Å². The van der Waals surface area contributed by atoms with Gasteiger partial charge in [-0.1, -0.05) is 20.8 Å². The molecule has 0 N–H and O–H groups in total. The van der Waals surface area contributed by atoms with Crippen LogP contribution in [0.1, 0.15) is 78.6 Å². The average molecular weight is 463 g/mol. The molecule has 0 spiro atoms. The topological polar surface area (TPSA) is 78.9 Å². The number of Topliss-reactive ketones (excluding diaryl/α,β-unsaturated/α-hetero) is 3. The third-order valence-electron chi connectivity index (χ3n) is 3.29. The molecule has 6 nitrogen and oxygen atoms in total. The first kappa shape index (κ1) is 27.2. The first-order chi connectivity index (χ1) is 13.2. The van der Waals surface area contributed by atoms with Crippen LogP contribution in [0.25, 0.3) is 0 Å². The van der Waals surface area contributed by atoms with Gasteiger partial charge in [0.05, 0.1) is 19.3 Å². The van der Waals surface area contributed by atoms with E-state index in [0.717, 1.165) is 0 Å². The molecule has 0 aromatic carbocycles. The molecular formula is C18H27AlO6S3. The number of thiocarbonyl (C=S) groups is 3. The number of rotatable bonds is 15.